The van der Waals surface area contributed by atoms with Crippen molar-refractivity contribution in [3.63, 3.8) is 0 Å². The molecule has 1 fully saturated rings. The van der Waals surface area contributed by atoms with Gasteiger partial charge in [-0.2, -0.15) is 0 Å². The van der Waals surface area contributed by atoms with E-state index < -0.39 is 12.3 Å². The average molecular weight is 373 g/mol. The van der Waals surface area contributed by atoms with E-state index in [1.165, 1.54) is 38.5 Å². The van der Waals surface area contributed by atoms with E-state index in [1.807, 2.05) is 0 Å². The van der Waals surface area contributed by atoms with Crippen molar-refractivity contribution in [1.29, 1.82) is 0 Å². The van der Waals surface area contributed by atoms with Crippen LogP contribution in [0.25, 0.3) is 0 Å². The molecule has 0 aromatic carbocycles. The Morgan fingerprint density at radius 2 is 1.19 bits per heavy atom. The Hall–Kier alpha value is -0.140. The number of rotatable bonds is 2. The topological polar surface area (TPSA) is 0 Å². The van der Waals surface area contributed by atoms with Gasteiger partial charge in [-0.1, -0.05) is 79.1 Å². The molecule has 6 unspecified atom stereocenters. The maximum Gasteiger partial charge on any atom is 0.100 e. The molecule has 0 spiro atoms. The summed E-state index contributed by atoms with van der Waals surface area (Å²) in [5, 5.41) is 0. The van der Waals surface area contributed by atoms with Crippen molar-refractivity contribution in [2.75, 3.05) is 0 Å². The summed E-state index contributed by atoms with van der Waals surface area (Å²) >= 11 is 0. The summed E-state index contributed by atoms with van der Waals surface area (Å²) in [6, 6.07) is 0. The van der Waals surface area contributed by atoms with E-state index in [4.69, 9.17) is 0 Å². The molecule has 0 radical (unpaired) electrons. The fourth-order valence-electron chi connectivity index (χ4n) is 5.12. The molecular weight excluding hydrogens is 326 g/mol. The van der Waals surface area contributed by atoms with E-state index in [0.717, 1.165) is 49.4 Å². The van der Waals surface area contributed by atoms with Crippen LogP contribution in [-0.2, 0) is 0 Å². The summed E-state index contributed by atoms with van der Waals surface area (Å²) in [5.41, 5.74) is 0. The molecule has 1 rings (SSSR count). The number of hydrogen-bond acceptors (Lipinski definition) is 0. The first-order chi connectivity index (χ1) is 12.5. The molecule has 1 aliphatic rings. The number of alkyl halides is 2. The highest BCUT2D eigenvalue weighted by Gasteiger charge is 2.21. The highest BCUT2D eigenvalue weighted by Crippen LogP contribution is 2.32. The van der Waals surface area contributed by atoms with Gasteiger partial charge in [0.25, 0.3) is 0 Å². The maximum absolute atomic E-state index is 14.1. The molecule has 1 saturated carbocycles. The minimum Gasteiger partial charge on any atom is -0.247 e. The van der Waals surface area contributed by atoms with Gasteiger partial charge in [0.1, 0.15) is 12.3 Å². The molecule has 26 heavy (non-hydrogen) atoms. The van der Waals surface area contributed by atoms with Gasteiger partial charge in [0, 0.05) is 0 Å². The van der Waals surface area contributed by atoms with Crippen LogP contribution in [-0.4, -0.2) is 12.3 Å². The van der Waals surface area contributed by atoms with Crippen molar-refractivity contribution >= 4 is 0 Å². The predicted molar refractivity (Wildman–Crippen MR) is 111 cm³/mol. The zero-order valence-corrected chi connectivity index (χ0v) is 18.1. The van der Waals surface area contributed by atoms with Crippen LogP contribution < -0.4 is 0 Å². The van der Waals surface area contributed by atoms with E-state index >= 15 is 0 Å². The standard InChI is InChI=1S/C24H46F2/c1-5-21-11-9-15-23(25)13-7-8-14-24(26)16-10-12-22(6-2)20(4)17-19(3)18-21/h19-24H,5-18H2,1-4H3. The van der Waals surface area contributed by atoms with Crippen LogP contribution in [0.15, 0.2) is 0 Å². The Morgan fingerprint density at radius 3 is 1.73 bits per heavy atom. The van der Waals surface area contributed by atoms with E-state index in [9.17, 15) is 8.78 Å². The summed E-state index contributed by atoms with van der Waals surface area (Å²) in [4.78, 5) is 0. The second-order valence-electron chi connectivity index (χ2n) is 9.34. The van der Waals surface area contributed by atoms with E-state index in [2.05, 4.69) is 27.7 Å². The molecule has 0 aliphatic heterocycles. The quantitative estimate of drug-likeness (QED) is 0.455. The third kappa shape index (κ3) is 10.3. The van der Waals surface area contributed by atoms with Gasteiger partial charge in [0.15, 0.2) is 0 Å². The number of hydrogen-bond donors (Lipinski definition) is 0. The summed E-state index contributed by atoms with van der Waals surface area (Å²) in [7, 11) is 0. The minimum atomic E-state index is -0.677. The van der Waals surface area contributed by atoms with Crippen molar-refractivity contribution in [1.82, 2.24) is 0 Å². The zero-order chi connectivity index (χ0) is 19.4. The fraction of sp³-hybridized carbons (Fsp3) is 1.00. The molecule has 0 aromatic heterocycles. The zero-order valence-electron chi connectivity index (χ0n) is 18.1. The minimum absolute atomic E-state index is 0.633. The summed E-state index contributed by atoms with van der Waals surface area (Å²) in [6.45, 7) is 9.40. The lowest BCUT2D eigenvalue weighted by Crippen LogP contribution is -2.17. The van der Waals surface area contributed by atoms with E-state index in [-0.39, 0.29) is 0 Å². The molecule has 0 heterocycles. The first-order valence-corrected chi connectivity index (χ1v) is 11.7. The second-order valence-corrected chi connectivity index (χ2v) is 9.34. The second kappa shape index (κ2) is 13.9. The highest BCUT2D eigenvalue weighted by molar-refractivity contribution is 4.72. The summed E-state index contributed by atoms with van der Waals surface area (Å²) < 4.78 is 28.2. The Bertz CT molecular complexity index is 330. The summed E-state index contributed by atoms with van der Waals surface area (Å²) in [6.07, 6.45) is 12.5. The van der Waals surface area contributed by atoms with Crippen LogP contribution >= 0.6 is 0 Å². The molecule has 0 amide bonds. The Kier molecular flexibility index (Phi) is 12.8. The molecular formula is C24H46F2. The molecule has 0 nitrogen and oxygen atoms in total. The first kappa shape index (κ1) is 23.9. The molecule has 0 saturated heterocycles. The lowest BCUT2D eigenvalue weighted by molar-refractivity contribution is 0.216. The van der Waals surface area contributed by atoms with Crippen molar-refractivity contribution in [3.05, 3.63) is 0 Å². The van der Waals surface area contributed by atoms with Crippen LogP contribution in [0, 0.1) is 23.7 Å². The van der Waals surface area contributed by atoms with Crippen molar-refractivity contribution in [3.8, 4) is 0 Å². The van der Waals surface area contributed by atoms with Crippen molar-refractivity contribution in [2.45, 2.75) is 130 Å². The normalized spacial score (nSPS) is 37.6. The van der Waals surface area contributed by atoms with Gasteiger partial charge in [0.2, 0.25) is 0 Å². The van der Waals surface area contributed by atoms with Crippen LogP contribution in [0.1, 0.15) is 118 Å². The lowest BCUT2D eigenvalue weighted by atomic mass is 9.78. The predicted octanol–water partition coefficient (Wildman–Crippen LogP) is 8.68. The molecule has 1 aliphatic carbocycles. The van der Waals surface area contributed by atoms with Gasteiger partial charge in [-0.15, -0.1) is 0 Å². The molecule has 0 bridgehead atoms. The molecule has 0 N–H and O–H groups in total. The number of halogens is 2. The maximum atomic E-state index is 14.1. The summed E-state index contributed by atoms with van der Waals surface area (Å²) in [5.74, 6) is 2.99. The first-order valence-electron chi connectivity index (χ1n) is 11.7. The molecule has 0 aromatic rings. The Labute approximate surface area is 162 Å². The monoisotopic (exact) mass is 372 g/mol. The molecule has 2 heteroatoms. The van der Waals surface area contributed by atoms with Gasteiger partial charge < -0.3 is 0 Å². The molecule has 6 atom stereocenters. The van der Waals surface area contributed by atoms with Crippen molar-refractivity contribution in [2.24, 2.45) is 23.7 Å². The van der Waals surface area contributed by atoms with E-state index in [0.29, 0.717) is 25.7 Å². The Morgan fingerprint density at radius 1 is 0.654 bits per heavy atom. The van der Waals surface area contributed by atoms with Gasteiger partial charge in [0.05, 0.1) is 0 Å². The van der Waals surface area contributed by atoms with Gasteiger partial charge in [-0.05, 0) is 62.2 Å². The van der Waals surface area contributed by atoms with Crippen LogP contribution in [0.4, 0.5) is 8.78 Å². The van der Waals surface area contributed by atoms with Gasteiger partial charge >= 0.3 is 0 Å². The van der Waals surface area contributed by atoms with Gasteiger partial charge in [-0.25, -0.2) is 8.78 Å². The van der Waals surface area contributed by atoms with Gasteiger partial charge in [-0.3, -0.25) is 0 Å². The average Bonchev–Trinajstić information content (AvgIpc) is 2.60. The third-order valence-corrected chi connectivity index (χ3v) is 6.92. The highest BCUT2D eigenvalue weighted by atomic mass is 19.1. The SMILES string of the molecule is CCC1CCCC(F)CCCCC(F)CCCC(CC)C(C)CC(C)C1. The van der Waals surface area contributed by atoms with E-state index in [1.54, 1.807) is 0 Å². The largest absolute Gasteiger partial charge is 0.247 e. The van der Waals surface area contributed by atoms with Crippen LogP contribution in [0.5, 0.6) is 0 Å². The van der Waals surface area contributed by atoms with Crippen LogP contribution in [0.2, 0.25) is 0 Å². The Balaban J connectivity index is 2.60. The molecule has 156 valence electrons. The fourth-order valence-corrected chi connectivity index (χ4v) is 5.12. The third-order valence-electron chi connectivity index (χ3n) is 6.92. The smallest absolute Gasteiger partial charge is 0.100 e. The lowest BCUT2D eigenvalue weighted by Gasteiger charge is -2.28. The van der Waals surface area contributed by atoms with Crippen LogP contribution in [0.3, 0.4) is 0 Å². The van der Waals surface area contributed by atoms with Crippen molar-refractivity contribution < 1.29 is 8.78 Å².